The van der Waals surface area contributed by atoms with Crippen LogP contribution in [0.15, 0.2) is 0 Å². The molecular formula is C25H47N3O2. The Morgan fingerprint density at radius 3 is 1.67 bits per heavy atom. The van der Waals surface area contributed by atoms with Crippen LogP contribution < -0.4 is 5.32 Å². The second-order valence-corrected chi connectivity index (χ2v) is 11.0. The lowest BCUT2D eigenvalue weighted by Gasteiger charge is -2.41. The van der Waals surface area contributed by atoms with E-state index in [4.69, 9.17) is 4.74 Å². The first-order chi connectivity index (χ1) is 14.3. The predicted molar refractivity (Wildman–Crippen MR) is 124 cm³/mol. The SMILES string of the molecule is CC(C)(C)OC(=O)NC1CCN(C2CCC2)CC1.CCC1CCN(C2CCC2)CC1. The van der Waals surface area contributed by atoms with Crippen molar-refractivity contribution in [1.82, 2.24) is 15.1 Å². The maximum Gasteiger partial charge on any atom is 0.407 e. The minimum atomic E-state index is -0.406. The standard InChI is InChI=1S/C14H26N2O2.C11H21N/c1-14(2,3)18-13(17)15-11-7-9-16(10-8-11)12-5-4-6-12;1-2-10-6-8-12(9-7-10)11-4-3-5-11/h11-12H,4-10H2,1-3H3,(H,15,17);10-11H,2-9H2,1H3. The number of alkyl carbamates (subject to hydrolysis) is 1. The van der Waals surface area contributed by atoms with Gasteiger partial charge in [-0.05, 0) is 91.1 Å². The normalized spacial score (nSPS) is 25.6. The predicted octanol–water partition coefficient (Wildman–Crippen LogP) is 5.19. The molecule has 0 bridgehead atoms. The molecule has 2 saturated heterocycles. The maximum absolute atomic E-state index is 11.7. The highest BCUT2D eigenvalue weighted by molar-refractivity contribution is 5.68. The number of amides is 1. The molecule has 1 N–H and O–H groups in total. The summed E-state index contributed by atoms with van der Waals surface area (Å²) in [5, 5.41) is 2.98. The number of rotatable bonds is 4. The van der Waals surface area contributed by atoms with Gasteiger partial charge in [0.1, 0.15) is 5.60 Å². The first-order valence-electron chi connectivity index (χ1n) is 12.8. The number of ether oxygens (including phenoxy) is 1. The molecule has 0 unspecified atom stereocenters. The van der Waals surface area contributed by atoms with E-state index in [2.05, 4.69) is 22.0 Å². The Labute approximate surface area is 185 Å². The molecule has 0 aromatic carbocycles. The number of nitrogens with zero attached hydrogens (tertiary/aromatic N) is 2. The third-order valence-electron chi connectivity index (χ3n) is 7.66. The van der Waals surface area contributed by atoms with Crippen LogP contribution in [0.5, 0.6) is 0 Å². The quantitative estimate of drug-likeness (QED) is 0.678. The summed E-state index contributed by atoms with van der Waals surface area (Å²) in [5.41, 5.74) is -0.406. The third-order valence-corrected chi connectivity index (χ3v) is 7.66. The average Bonchev–Trinajstić information content (AvgIpc) is 2.60. The third kappa shape index (κ3) is 7.40. The molecule has 4 rings (SSSR count). The number of likely N-dealkylation sites (tertiary alicyclic amines) is 2. The van der Waals surface area contributed by atoms with E-state index in [9.17, 15) is 4.79 Å². The lowest BCUT2D eigenvalue weighted by atomic mass is 9.87. The van der Waals surface area contributed by atoms with Gasteiger partial charge in [0.15, 0.2) is 0 Å². The second-order valence-electron chi connectivity index (χ2n) is 11.0. The first-order valence-corrected chi connectivity index (χ1v) is 12.8. The number of piperidine rings is 2. The smallest absolute Gasteiger partial charge is 0.407 e. The fraction of sp³-hybridized carbons (Fsp3) is 0.960. The first kappa shape index (κ1) is 23.8. The zero-order valence-electron chi connectivity index (χ0n) is 20.1. The minimum absolute atomic E-state index is 0.274. The Morgan fingerprint density at radius 1 is 0.833 bits per heavy atom. The molecule has 0 atom stereocenters. The molecule has 5 nitrogen and oxygen atoms in total. The zero-order chi connectivity index (χ0) is 21.6. The van der Waals surface area contributed by atoms with Gasteiger partial charge in [-0.3, -0.25) is 0 Å². The van der Waals surface area contributed by atoms with Crippen molar-refractivity contribution in [2.45, 2.75) is 122 Å². The van der Waals surface area contributed by atoms with Crippen LogP contribution in [-0.2, 0) is 4.74 Å². The molecule has 0 radical (unpaired) electrons. The Morgan fingerprint density at radius 2 is 1.30 bits per heavy atom. The highest BCUT2D eigenvalue weighted by Gasteiger charge is 2.30. The molecule has 174 valence electrons. The lowest BCUT2D eigenvalue weighted by molar-refractivity contribution is 0.0444. The monoisotopic (exact) mass is 421 g/mol. The summed E-state index contributed by atoms with van der Waals surface area (Å²) in [6, 6.07) is 2.10. The number of carbonyl (C=O) groups is 1. The van der Waals surface area contributed by atoms with Crippen molar-refractivity contribution >= 4 is 6.09 Å². The number of hydrogen-bond acceptors (Lipinski definition) is 4. The average molecular weight is 422 g/mol. The van der Waals surface area contributed by atoms with Crippen LogP contribution in [-0.4, -0.2) is 65.8 Å². The van der Waals surface area contributed by atoms with Gasteiger partial charge in [0.05, 0.1) is 0 Å². The highest BCUT2D eigenvalue weighted by Crippen LogP contribution is 2.30. The van der Waals surface area contributed by atoms with Gasteiger partial charge in [0.25, 0.3) is 0 Å². The Balaban J connectivity index is 0.000000184. The van der Waals surface area contributed by atoms with Gasteiger partial charge in [-0.2, -0.15) is 0 Å². The lowest BCUT2D eigenvalue weighted by Crippen LogP contribution is -2.50. The zero-order valence-corrected chi connectivity index (χ0v) is 20.1. The topological polar surface area (TPSA) is 44.8 Å². The van der Waals surface area contributed by atoms with E-state index in [-0.39, 0.29) is 12.1 Å². The molecule has 2 saturated carbocycles. The van der Waals surface area contributed by atoms with Gasteiger partial charge < -0.3 is 19.9 Å². The second kappa shape index (κ2) is 11.2. The highest BCUT2D eigenvalue weighted by atomic mass is 16.6. The molecule has 30 heavy (non-hydrogen) atoms. The van der Waals surface area contributed by atoms with Crippen molar-refractivity contribution in [3.05, 3.63) is 0 Å². The summed E-state index contributed by atoms with van der Waals surface area (Å²) >= 11 is 0. The van der Waals surface area contributed by atoms with E-state index in [0.29, 0.717) is 0 Å². The van der Waals surface area contributed by atoms with Crippen LogP contribution in [0.4, 0.5) is 4.79 Å². The van der Waals surface area contributed by atoms with E-state index in [0.717, 1.165) is 43.9 Å². The van der Waals surface area contributed by atoms with Crippen LogP contribution in [0.2, 0.25) is 0 Å². The number of nitrogens with one attached hydrogen (secondary N) is 1. The van der Waals surface area contributed by atoms with Gasteiger partial charge in [0.2, 0.25) is 0 Å². The van der Waals surface area contributed by atoms with E-state index < -0.39 is 5.60 Å². The van der Waals surface area contributed by atoms with E-state index >= 15 is 0 Å². The molecule has 2 heterocycles. The molecule has 5 heteroatoms. The van der Waals surface area contributed by atoms with Crippen molar-refractivity contribution < 1.29 is 9.53 Å². The van der Waals surface area contributed by atoms with Gasteiger partial charge in [-0.1, -0.05) is 26.2 Å². The number of carbonyl (C=O) groups excluding carboxylic acids is 1. The summed E-state index contributed by atoms with van der Waals surface area (Å²) in [5.74, 6) is 1.04. The van der Waals surface area contributed by atoms with Crippen molar-refractivity contribution in [2.24, 2.45) is 5.92 Å². The van der Waals surface area contributed by atoms with Crippen LogP contribution in [0.25, 0.3) is 0 Å². The van der Waals surface area contributed by atoms with Gasteiger partial charge in [-0.25, -0.2) is 4.79 Å². The summed E-state index contributed by atoms with van der Waals surface area (Å²) in [6.07, 6.45) is 14.7. The van der Waals surface area contributed by atoms with Crippen molar-refractivity contribution in [3.8, 4) is 0 Å². The van der Waals surface area contributed by atoms with E-state index in [1.165, 1.54) is 70.9 Å². The van der Waals surface area contributed by atoms with Crippen LogP contribution in [0.3, 0.4) is 0 Å². The summed E-state index contributed by atoms with van der Waals surface area (Å²) < 4.78 is 5.28. The molecule has 2 aliphatic carbocycles. The fourth-order valence-electron chi connectivity index (χ4n) is 5.11. The fourth-order valence-corrected chi connectivity index (χ4v) is 5.11. The molecule has 0 aromatic rings. The molecule has 0 aromatic heterocycles. The van der Waals surface area contributed by atoms with Crippen LogP contribution in [0.1, 0.15) is 98.3 Å². The molecule has 4 fully saturated rings. The minimum Gasteiger partial charge on any atom is -0.444 e. The van der Waals surface area contributed by atoms with Gasteiger partial charge in [-0.15, -0.1) is 0 Å². The van der Waals surface area contributed by atoms with E-state index in [1.807, 2.05) is 20.8 Å². The summed E-state index contributed by atoms with van der Waals surface area (Å²) in [6.45, 7) is 13.0. The Hall–Kier alpha value is -0.810. The maximum atomic E-state index is 11.7. The summed E-state index contributed by atoms with van der Waals surface area (Å²) in [7, 11) is 0. The summed E-state index contributed by atoms with van der Waals surface area (Å²) in [4.78, 5) is 17.0. The molecule has 4 aliphatic rings. The molecule has 2 aliphatic heterocycles. The van der Waals surface area contributed by atoms with Crippen LogP contribution >= 0.6 is 0 Å². The largest absolute Gasteiger partial charge is 0.444 e. The van der Waals surface area contributed by atoms with Crippen molar-refractivity contribution in [3.63, 3.8) is 0 Å². The van der Waals surface area contributed by atoms with Crippen molar-refractivity contribution in [2.75, 3.05) is 26.2 Å². The van der Waals surface area contributed by atoms with Crippen LogP contribution in [0, 0.1) is 5.92 Å². The van der Waals surface area contributed by atoms with E-state index in [1.54, 1.807) is 0 Å². The molecule has 0 spiro atoms. The van der Waals surface area contributed by atoms with Gasteiger partial charge in [0, 0.05) is 31.2 Å². The Kier molecular flexibility index (Phi) is 8.88. The van der Waals surface area contributed by atoms with Gasteiger partial charge >= 0.3 is 6.09 Å². The molecule has 1 amide bonds. The Bertz CT molecular complexity index is 509. The number of hydrogen-bond donors (Lipinski definition) is 1. The molecular weight excluding hydrogens is 374 g/mol. The van der Waals surface area contributed by atoms with Crippen molar-refractivity contribution in [1.29, 1.82) is 0 Å².